The maximum absolute atomic E-state index is 14.7. The molecule has 1 aliphatic rings. The van der Waals surface area contributed by atoms with Crippen molar-refractivity contribution in [2.75, 3.05) is 4.72 Å². The predicted octanol–water partition coefficient (Wildman–Crippen LogP) is 5.76. The number of aromatic carboxylic acids is 1. The van der Waals surface area contributed by atoms with E-state index in [-0.39, 0.29) is 22.1 Å². The molecule has 0 radical (unpaired) electrons. The van der Waals surface area contributed by atoms with E-state index in [1.54, 1.807) is 48.0 Å². The molecule has 1 heterocycles. The molecule has 1 aromatic heterocycles. The molecular weight excluding hydrogens is 469 g/mol. The van der Waals surface area contributed by atoms with Crippen molar-refractivity contribution in [2.45, 2.75) is 43.5 Å². The van der Waals surface area contributed by atoms with Crippen LogP contribution in [-0.2, 0) is 10.0 Å². The lowest BCUT2D eigenvalue weighted by atomic mass is 9.95. The normalized spacial score (nSPS) is 14.5. The molecule has 0 amide bonds. The van der Waals surface area contributed by atoms with E-state index >= 15 is 0 Å². The second kappa shape index (κ2) is 8.81. The molecule has 0 unspecified atom stereocenters. The Labute approximate surface area is 202 Å². The van der Waals surface area contributed by atoms with E-state index < -0.39 is 21.8 Å². The molecule has 0 aliphatic heterocycles. The van der Waals surface area contributed by atoms with Gasteiger partial charge in [0.1, 0.15) is 10.7 Å². The summed E-state index contributed by atoms with van der Waals surface area (Å²) in [6.45, 7) is 1.76. The van der Waals surface area contributed by atoms with Gasteiger partial charge in [0.05, 0.1) is 29.2 Å². The van der Waals surface area contributed by atoms with Gasteiger partial charge in [0.15, 0.2) is 0 Å². The number of nitrogens with zero attached hydrogens (tertiary/aromatic N) is 2. The number of aromatic nitrogens is 2. The highest BCUT2D eigenvalue weighted by Crippen LogP contribution is 2.36. The van der Waals surface area contributed by atoms with Gasteiger partial charge in [-0.2, -0.15) is 5.10 Å². The first-order valence-corrected chi connectivity index (χ1v) is 12.9. The first kappa shape index (κ1) is 23.0. The SMILES string of the molecule is Cc1c(S(=O)(=O)Nc2ccc(-c3cc(C(=O)O)ccc3F)c3ccccc23)cnn1C1CCCC1. The van der Waals surface area contributed by atoms with Gasteiger partial charge in [-0.05, 0) is 55.0 Å². The van der Waals surface area contributed by atoms with Crippen molar-refractivity contribution in [1.82, 2.24) is 9.78 Å². The van der Waals surface area contributed by atoms with E-state index in [1.807, 2.05) is 0 Å². The van der Waals surface area contributed by atoms with Crippen molar-refractivity contribution in [3.63, 3.8) is 0 Å². The van der Waals surface area contributed by atoms with Gasteiger partial charge in [-0.15, -0.1) is 0 Å². The Morgan fingerprint density at radius 1 is 1.06 bits per heavy atom. The molecule has 7 nitrogen and oxygen atoms in total. The van der Waals surface area contributed by atoms with Crippen LogP contribution in [0.2, 0.25) is 0 Å². The van der Waals surface area contributed by atoms with E-state index in [9.17, 15) is 22.7 Å². The average molecular weight is 494 g/mol. The molecule has 35 heavy (non-hydrogen) atoms. The summed E-state index contributed by atoms with van der Waals surface area (Å²) < 4.78 is 45.9. The fourth-order valence-corrected chi connectivity index (χ4v) is 6.12. The van der Waals surface area contributed by atoms with Crippen LogP contribution in [0.4, 0.5) is 10.1 Å². The summed E-state index contributed by atoms with van der Waals surface area (Å²) in [5.74, 6) is -1.73. The zero-order valence-corrected chi connectivity index (χ0v) is 19.8. The third-order valence-corrected chi connectivity index (χ3v) is 8.10. The summed E-state index contributed by atoms with van der Waals surface area (Å²) in [4.78, 5) is 11.5. The van der Waals surface area contributed by atoms with Gasteiger partial charge >= 0.3 is 5.97 Å². The summed E-state index contributed by atoms with van der Waals surface area (Å²) in [5, 5.41) is 14.8. The number of hydrogen-bond donors (Lipinski definition) is 2. The molecule has 2 N–H and O–H groups in total. The number of carboxylic acid groups (broad SMARTS) is 1. The van der Waals surface area contributed by atoms with Gasteiger partial charge in [-0.3, -0.25) is 9.40 Å². The van der Waals surface area contributed by atoms with Crippen LogP contribution in [0.3, 0.4) is 0 Å². The van der Waals surface area contributed by atoms with Gasteiger partial charge in [0.2, 0.25) is 0 Å². The monoisotopic (exact) mass is 493 g/mol. The predicted molar refractivity (Wildman–Crippen MR) is 132 cm³/mol. The van der Waals surface area contributed by atoms with Crippen molar-refractivity contribution in [2.24, 2.45) is 0 Å². The van der Waals surface area contributed by atoms with Gasteiger partial charge in [-0.25, -0.2) is 17.6 Å². The minimum Gasteiger partial charge on any atom is -0.478 e. The van der Waals surface area contributed by atoms with Crippen molar-refractivity contribution in [3.8, 4) is 11.1 Å². The first-order valence-electron chi connectivity index (χ1n) is 11.4. The van der Waals surface area contributed by atoms with Crippen molar-refractivity contribution in [3.05, 3.63) is 77.9 Å². The third-order valence-electron chi connectivity index (χ3n) is 6.63. The number of halogens is 1. The zero-order valence-electron chi connectivity index (χ0n) is 19.0. The minimum absolute atomic E-state index is 0.0370. The Morgan fingerprint density at radius 2 is 1.77 bits per heavy atom. The highest BCUT2D eigenvalue weighted by molar-refractivity contribution is 7.92. The fourth-order valence-electron chi connectivity index (χ4n) is 4.88. The number of carboxylic acids is 1. The molecule has 0 bridgehead atoms. The Balaban J connectivity index is 1.56. The number of nitrogens with one attached hydrogen (secondary N) is 1. The number of carbonyl (C=O) groups is 1. The highest BCUT2D eigenvalue weighted by atomic mass is 32.2. The van der Waals surface area contributed by atoms with E-state index in [0.29, 0.717) is 27.7 Å². The Hall–Kier alpha value is -3.72. The quantitative estimate of drug-likeness (QED) is 0.355. The van der Waals surface area contributed by atoms with E-state index in [4.69, 9.17) is 0 Å². The van der Waals surface area contributed by atoms with E-state index in [2.05, 4.69) is 9.82 Å². The van der Waals surface area contributed by atoms with Crippen LogP contribution >= 0.6 is 0 Å². The molecule has 1 aliphatic carbocycles. The fraction of sp³-hybridized carbons (Fsp3) is 0.231. The molecule has 0 saturated heterocycles. The van der Waals surface area contributed by atoms with Crippen molar-refractivity contribution in [1.29, 1.82) is 0 Å². The van der Waals surface area contributed by atoms with E-state index in [1.165, 1.54) is 18.3 Å². The number of sulfonamides is 1. The lowest BCUT2D eigenvalue weighted by Gasteiger charge is -2.15. The maximum Gasteiger partial charge on any atom is 0.335 e. The van der Waals surface area contributed by atoms with Gasteiger partial charge in [0, 0.05) is 10.9 Å². The summed E-state index contributed by atoms with van der Waals surface area (Å²) in [6.07, 6.45) is 5.58. The van der Waals surface area contributed by atoms with Crippen molar-refractivity contribution >= 4 is 32.5 Å². The molecule has 1 saturated carbocycles. The van der Waals surface area contributed by atoms with Gasteiger partial charge in [0.25, 0.3) is 10.0 Å². The largest absolute Gasteiger partial charge is 0.478 e. The Morgan fingerprint density at radius 3 is 2.49 bits per heavy atom. The molecule has 0 spiro atoms. The molecule has 3 aromatic carbocycles. The minimum atomic E-state index is -3.93. The third kappa shape index (κ3) is 4.16. The Kier molecular flexibility index (Phi) is 5.80. The number of fused-ring (bicyclic) bond motifs is 1. The topological polar surface area (TPSA) is 101 Å². The molecule has 4 aromatic rings. The molecule has 5 rings (SSSR count). The average Bonchev–Trinajstić information content (AvgIpc) is 3.49. The van der Waals surface area contributed by atoms with Crippen LogP contribution < -0.4 is 4.72 Å². The second-order valence-electron chi connectivity index (χ2n) is 8.79. The molecule has 0 atom stereocenters. The van der Waals surface area contributed by atoms with Crippen LogP contribution in [0.5, 0.6) is 0 Å². The van der Waals surface area contributed by atoms with Crippen LogP contribution in [0, 0.1) is 12.7 Å². The number of hydrogen-bond acceptors (Lipinski definition) is 4. The molecule has 180 valence electrons. The van der Waals surface area contributed by atoms with E-state index in [0.717, 1.165) is 31.7 Å². The van der Waals surface area contributed by atoms with Crippen LogP contribution in [0.25, 0.3) is 21.9 Å². The summed E-state index contributed by atoms with van der Waals surface area (Å²) in [6, 6.07) is 14.0. The number of anilines is 1. The van der Waals surface area contributed by atoms with Crippen LogP contribution in [0.15, 0.2) is 65.7 Å². The molecule has 9 heteroatoms. The summed E-state index contributed by atoms with van der Waals surface area (Å²) in [7, 11) is -3.93. The zero-order chi connectivity index (χ0) is 24.7. The van der Waals surface area contributed by atoms with Crippen molar-refractivity contribution < 1.29 is 22.7 Å². The highest BCUT2D eigenvalue weighted by Gasteiger charge is 2.26. The van der Waals surface area contributed by atoms with Crippen LogP contribution in [0.1, 0.15) is 47.8 Å². The summed E-state index contributed by atoms with van der Waals surface area (Å²) in [5.41, 5.74) is 1.49. The van der Waals surface area contributed by atoms with Gasteiger partial charge in [-0.1, -0.05) is 43.2 Å². The lowest BCUT2D eigenvalue weighted by molar-refractivity contribution is 0.0697. The van der Waals surface area contributed by atoms with Crippen LogP contribution in [-0.4, -0.2) is 29.3 Å². The summed E-state index contributed by atoms with van der Waals surface area (Å²) >= 11 is 0. The second-order valence-corrected chi connectivity index (χ2v) is 10.4. The Bertz CT molecular complexity index is 1560. The van der Waals surface area contributed by atoms with Gasteiger partial charge < -0.3 is 5.11 Å². The maximum atomic E-state index is 14.7. The number of benzene rings is 3. The lowest BCUT2D eigenvalue weighted by Crippen LogP contribution is -2.15. The number of rotatable bonds is 6. The smallest absolute Gasteiger partial charge is 0.335 e. The first-order chi connectivity index (χ1) is 16.8. The standard InChI is InChI=1S/C26H24FN3O4S/c1-16-25(15-28-30(16)18-6-2-3-7-18)35(33,34)29-24-13-11-20(19-8-4-5-9-21(19)24)22-14-17(26(31)32)10-12-23(22)27/h4-5,8-15,18,29H,2-3,6-7H2,1H3,(H,31,32). The molecular formula is C26H24FN3O4S. The molecule has 1 fully saturated rings.